The van der Waals surface area contributed by atoms with Crippen molar-refractivity contribution in [2.75, 3.05) is 17.6 Å². The summed E-state index contributed by atoms with van der Waals surface area (Å²) in [4.78, 5) is 1.29. The molecule has 78 valence electrons. The van der Waals surface area contributed by atoms with Crippen LogP contribution < -0.4 is 5.32 Å². The Morgan fingerprint density at radius 1 is 1.47 bits per heavy atom. The van der Waals surface area contributed by atoms with Crippen molar-refractivity contribution in [2.24, 2.45) is 0 Å². The fourth-order valence-corrected chi connectivity index (χ4v) is 2.47. The summed E-state index contributed by atoms with van der Waals surface area (Å²) in [5.74, 6) is 1.12. The molecule has 0 aliphatic carbocycles. The zero-order chi connectivity index (χ0) is 10.9. The van der Waals surface area contributed by atoms with Crippen molar-refractivity contribution in [3.05, 3.63) is 23.8 Å². The maximum atomic E-state index is 9.08. The van der Waals surface area contributed by atoms with Crippen LogP contribution in [0.25, 0.3) is 0 Å². The predicted molar refractivity (Wildman–Crippen MR) is 64.3 cm³/mol. The van der Waals surface area contributed by atoms with Crippen molar-refractivity contribution in [3.8, 4) is 6.07 Å². The van der Waals surface area contributed by atoms with E-state index in [-0.39, 0.29) is 0 Å². The van der Waals surface area contributed by atoms with Gasteiger partial charge in [-0.15, -0.1) is 11.8 Å². The Morgan fingerprint density at radius 3 is 3.00 bits per heavy atom. The number of anilines is 1. The minimum Gasteiger partial charge on any atom is -0.383 e. The van der Waals surface area contributed by atoms with Gasteiger partial charge in [0.15, 0.2) is 0 Å². The van der Waals surface area contributed by atoms with Crippen molar-refractivity contribution >= 4 is 17.4 Å². The van der Waals surface area contributed by atoms with Crippen LogP contribution >= 0.6 is 11.8 Å². The third-order valence-corrected chi connectivity index (χ3v) is 3.73. The maximum Gasteiger partial charge on any atom is 0.0767 e. The molecule has 0 spiro atoms. The van der Waals surface area contributed by atoms with E-state index >= 15 is 0 Å². The summed E-state index contributed by atoms with van der Waals surface area (Å²) in [5, 5.41) is 12.4. The number of thioether (sulfide) groups is 1. The van der Waals surface area contributed by atoms with Crippen LogP contribution in [-0.2, 0) is 5.41 Å². The SMILES string of the molecule is CC(C)(C#N)c1ccc2c(c1)NCCS2. The van der Waals surface area contributed by atoms with E-state index in [0.717, 1.165) is 17.9 Å². The number of fused-ring (bicyclic) bond motifs is 1. The van der Waals surface area contributed by atoms with Gasteiger partial charge in [0.05, 0.1) is 11.5 Å². The molecule has 2 rings (SSSR count). The first-order valence-electron chi connectivity index (χ1n) is 5.06. The second-order valence-corrected chi connectivity index (χ2v) is 5.36. The molecule has 1 aliphatic rings. The lowest BCUT2D eigenvalue weighted by Crippen LogP contribution is -2.16. The third-order valence-electron chi connectivity index (χ3n) is 2.66. The van der Waals surface area contributed by atoms with E-state index < -0.39 is 5.41 Å². The van der Waals surface area contributed by atoms with Crippen molar-refractivity contribution in [3.63, 3.8) is 0 Å². The van der Waals surface area contributed by atoms with Gasteiger partial charge in [-0.3, -0.25) is 0 Å². The standard InChI is InChI=1S/C12H14N2S/c1-12(2,8-13)9-3-4-11-10(7-9)14-5-6-15-11/h3-4,7,14H,5-6H2,1-2H3. The lowest BCUT2D eigenvalue weighted by Gasteiger charge is -2.22. The third kappa shape index (κ3) is 1.95. The second-order valence-electron chi connectivity index (χ2n) is 4.22. The van der Waals surface area contributed by atoms with E-state index in [1.54, 1.807) is 0 Å². The van der Waals surface area contributed by atoms with Crippen LogP contribution in [0.2, 0.25) is 0 Å². The lowest BCUT2D eigenvalue weighted by atomic mass is 9.86. The number of nitriles is 1. The van der Waals surface area contributed by atoms with Gasteiger partial charge >= 0.3 is 0 Å². The van der Waals surface area contributed by atoms with Crippen LogP contribution in [0.3, 0.4) is 0 Å². The van der Waals surface area contributed by atoms with Gasteiger partial charge in [0.1, 0.15) is 0 Å². The number of nitrogens with zero attached hydrogens (tertiary/aromatic N) is 1. The Morgan fingerprint density at radius 2 is 2.27 bits per heavy atom. The summed E-state index contributed by atoms with van der Waals surface area (Å²) < 4.78 is 0. The molecule has 0 saturated carbocycles. The Hall–Kier alpha value is -1.14. The predicted octanol–water partition coefficient (Wildman–Crippen LogP) is 3.01. The van der Waals surface area contributed by atoms with Gasteiger partial charge in [0, 0.05) is 22.9 Å². The molecule has 3 heteroatoms. The zero-order valence-corrected chi connectivity index (χ0v) is 9.82. The van der Waals surface area contributed by atoms with Crippen LogP contribution in [0, 0.1) is 11.3 Å². The summed E-state index contributed by atoms with van der Waals surface area (Å²) in [6, 6.07) is 8.60. The molecule has 0 amide bonds. The Bertz CT molecular complexity index is 418. The number of rotatable bonds is 1. The molecule has 0 radical (unpaired) electrons. The summed E-state index contributed by atoms with van der Waals surface area (Å²) in [6.07, 6.45) is 0. The normalized spacial score (nSPS) is 15.0. The smallest absolute Gasteiger partial charge is 0.0767 e. The average molecular weight is 218 g/mol. The van der Waals surface area contributed by atoms with E-state index in [1.807, 2.05) is 25.6 Å². The highest BCUT2D eigenvalue weighted by molar-refractivity contribution is 7.99. The van der Waals surface area contributed by atoms with Crippen LogP contribution in [0.4, 0.5) is 5.69 Å². The molecular weight excluding hydrogens is 204 g/mol. The van der Waals surface area contributed by atoms with E-state index in [0.29, 0.717) is 0 Å². The zero-order valence-electron chi connectivity index (χ0n) is 9.00. The van der Waals surface area contributed by atoms with Crippen LogP contribution in [0.15, 0.2) is 23.1 Å². The van der Waals surface area contributed by atoms with Gasteiger partial charge in [-0.25, -0.2) is 0 Å². The number of benzene rings is 1. The first-order valence-corrected chi connectivity index (χ1v) is 6.04. The molecule has 1 aromatic carbocycles. The molecule has 0 fully saturated rings. The highest BCUT2D eigenvalue weighted by atomic mass is 32.2. The van der Waals surface area contributed by atoms with Crippen LogP contribution in [0.5, 0.6) is 0 Å². The topological polar surface area (TPSA) is 35.8 Å². The summed E-state index contributed by atoms with van der Waals surface area (Å²) in [5.41, 5.74) is 1.85. The van der Waals surface area contributed by atoms with Gasteiger partial charge < -0.3 is 5.32 Å². The van der Waals surface area contributed by atoms with Gasteiger partial charge in [0.2, 0.25) is 0 Å². The monoisotopic (exact) mass is 218 g/mol. The van der Waals surface area contributed by atoms with Crippen LogP contribution in [-0.4, -0.2) is 12.3 Å². The fourth-order valence-electron chi connectivity index (χ4n) is 1.59. The van der Waals surface area contributed by atoms with Crippen LogP contribution in [0.1, 0.15) is 19.4 Å². The molecule has 1 aliphatic heterocycles. The summed E-state index contributed by atoms with van der Waals surface area (Å²) >= 11 is 1.87. The highest BCUT2D eigenvalue weighted by Gasteiger charge is 2.21. The second kappa shape index (κ2) is 3.79. The van der Waals surface area contributed by atoms with Crippen molar-refractivity contribution < 1.29 is 0 Å². The van der Waals surface area contributed by atoms with E-state index in [4.69, 9.17) is 5.26 Å². The molecule has 0 unspecified atom stereocenters. The van der Waals surface area contributed by atoms with Crippen molar-refractivity contribution in [1.82, 2.24) is 0 Å². The molecule has 0 bridgehead atoms. The fraction of sp³-hybridized carbons (Fsp3) is 0.417. The Labute approximate surface area is 94.7 Å². The molecule has 0 saturated heterocycles. The number of hydrogen-bond donors (Lipinski definition) is 1. The quantitative estimate of drug-likeness (QED) is 0.787. The summed E-state index contributed by atoms with van der Waals surface area (Å²) in [7, 11) is 0. The minimum atomic E-state index is -0.404. The molecule has 0 atom stereocenters. The molecular formula is C12H14N2S. The first kappa shape index (κ1) is 10.4. The Balaban J connectivity index is 2.41. The molecule has 15 heavy (non-hydrogen) atoms. The minimum absolute atomic E-state index is 0.404. The van der Waals surface area contributed by atoms with E-state index in [1.165, 1.54) is 10.6 Å². The largest absolute Gasteiger partial charge is 0.383 e. The van der Waals surface area contributed by atoms with Gasteiger partial charge in [-0.1, -0.05) is 6.07 Å². The first-order chi connectivity index (χ1) is 7.13. The van der Waals surface area contributed by atoms with Gasteiger partial charge in [-0.2, -0.15) is 5.26 Å². The Kier molecular flexibility index (Phi) is 2.62. The molecule has 0 aromatic heterocycles. The molecule has 1 heterocycles. The van der Waals surface area contributed by atoms with Crippen molar-refractivity contribution in [1.29, 1.82) is 5.26 Å². The van der Waals surface area contributed by atoms with E-state index in [2.05, 4.69) is 29.6 Å². The number of hydrogen-bond acceptors (Lipinski definition) is 3. The lowest BCUT2D eigenvalue weighted by molar-refractivity contribution is 0.686. The molecule has 2 nitrogen and oxygen atoms in total. The van der Waals surface area contributed by atoms with Gasteiger partial charge in [0.25, 0.3) is 0 Å². The highest BCUT2D eigenvalue weighted by Crippen LogP contribution is 2.34. The maximum absolute atomic E-state index is 9.08. The van der Waals surface area contributed by atoms with Crippen molar-refractivity contribution in [2.45, 2.75) is 24.2 Å². The van der Waals surface area contributed by atoms with Gasteiger partial charge in [-0.05, 0) is 31.5 Å². The molecule has 1 aromatic rings. The molecule has 1 N–H and O–H groups in total. The average Bonchev–Trinajstić information content (AvgIpc) is 2.28. The number of nitrogens with one attached hydrogen (secondary N) is 1. The summed E-state index contributed by atoms with van der Waals surface area (Å²) in [6.45, 7) is 4.91. The van der Waals surface area contributed by atoms with E-state index in [9.17, 15) is 0 Å².